The van der Waals surface area contributed by atoms with Crippen molar-refractivity contribution in [3.8, 4) is 0 Å². The molecule has 1 rings (SSSR count). The number of ether oxygens (including phenoxy) is 1. The van der Waals surface area contributed by atoms with Crippen LogP contribution in [0.1, 0.15) is 136 Å². The summed E-state index contributed by atoms with van der Waals surface area (Å²) in [6, 6.07) is -0.983. The Morgan fingerprint density at radius 1 is 1.05 bits per heavy atom. The minimum Gasteiger partial charge on any atom is -0.476 e. The third-order valence-corrected chi connectivity index (χ3v) is 14.0. The Hall–Kier alpha value is -1.98. The Balaban J connectivity index is 3.63. The molecule has 0 saturated heterocycles. The maximum atomic E-state index is 14.5. The predicted molar refractivity (Wildman–Crippen MR) is 182 cm³/mol. The number of hydrogen-bond acceptors (Lipinski definition) is 7. The third kappa shape index (κ3) is 12.4. The standard InChI is InChI=1S/C33H61N3O6SSi/c1-14-16-17-18-19-36(29(37)27(23(5)15-2)35-31(40)41-32(6,7)8)25(22(3)4)20-26(42-44(12,13)33(9,10)11)28-34-24(21-43-28)30(38)39/h21-23,25-27H,14-20H2,1-13H3,(H,35,40)(H,38,39)/t23-,25+,26+,27-/m0/s1. The molecule has 44 heavy (non-hydrogen) atoms. The number of aromatic carboxylic acids is 1. The number of amides is 2. The van der Waals surface area contributed by atoms with Gasteiger partial charge in [0.15, 0.2) is 14.0 Å². The number of thiazole rings is 1. The predicted octanol–water partition coefficient (Wildman–Crippen LogP) is 8.67. The summed E-state index contributed by atoms with van der Waals surface area (Å²) < 4.78 is 12.5. The van der Waals surface area contributed by atoms with Gasteiger partial charge in [0.2, 0.25) is 5.91 Å². The van der Waals surface area contributed by atoms with Gasteiger partial charge in [0.25, 0.3) is 0 Å². The molecule has 0 aliphatic carbocycles. The molecule has 4 atom stereocenters. The summed E-state index contributed by atoms with van der Waals surface area (Å²) >= 11 is 1.29. The van der Waals surface area contributed by atoms with E-state index in [1.807, 2.05) is 18.7 Å². The molecule has 9 nitrogen and oxygen atoms in total. The Morgan fingerprint density at radius 3 is 2.11 bits per heavy atom. The molecule has 1 aromatic heterocycles. The fourth-order valence-electron chi connectivity index (χ4n) is 4.69. The monoisotopic (exact) mass is 655 g/mol. The molecule has 0 aliphatic rings. The van der Waals surface area contributed by atoms with E-state index < -0.39 is 38.1 Å². The van der Waals surface area contributed by atoms with Crippen LogP contribution in [-0.4, -0.2) is 65.5 Å². The molecule has 11 heteroatoms. The first-order valence-corrected chi connectivity index (χ1v) is 20.1. The van der Waals surface area contributed by atoms with Gasteiger partial charge in [-0.1, -0.05) is 81.1 Å². The smallest absolute Gasteiger partial charge is 0.408 e. The molecule has 0 aromatic carbocycles. The van der Waals surface area contributed by atoms with Gasteiger partial charge in [-0.15, -0.1) is 11.3 Å². The molecular weight excluding hydrogens is 595 g/mol. The van der Waals surface area contributed by atoms with Gasteiger partial charge in [-0.3, -0.25) is 4.79 Å². The molecule has 0 fully saturated rings. The Kier molecular flexibility index (Phi) is 15.5. The summed E-state index contributed by atoms with van der Waals surface area (Å²) in [5.74, 6) is -1.25. The van der Waals surface area contributed by atoms with Crippen LogP contribution in [0.2, 0.25) is 18.1 Å². The number of nitrogens with one attached hydrogen (secondary N) is 1. The third-order valence-electron chi connectivity index (χ3n) is 8.57. The number of aromatic nitrogens is 1. The number of unbranched alkanes of at least 4 members (excludes halogenated alkanes) is 3. The zero-order valence-corrected chi connectivity index (χ0v) is 31.5. The molecule has 1 heterocycles. The van der Waals surface area contributed by atoms with Crippen LogP contribution in [0.25, 0.3) is 0 Å². The normalized spacial score (nSPS) is 15.4. The average Bonchev–Trinajstić information content (AvgIpc) is 3.38. The number of carbonyl (C=O) groups excluding carboxylic acids is 2. The Bertz CT molecular complexity index is 1060. The lowest BCUT2D eigenvalue weighted by Gasteiger charge is -2.42. The number of carboxylic acids is 1. The van der Waals surface area contributed by atoms with Crippen LogP contribution in [0.5, 0.6) is 0 Å². The summed E-state index contributed by atoms with van der Waals surface area (Å²) in [6.07, 6.45) is 4.09. The molecule has 0 spiro atoms. The van der Waals surface area contributed by atoms with Crippen molar-refractivity contribution in [2.24, 2.45) is 11.8 Å². The quantitative estimate of drug-likeness (QED) is 0.127. The second-order valence-electron chi connectivity index (χ2n) is 14.9. The van der Waals surface area contributed by atoms with Crippen molar-refractivity contribution in [1.82, 2.24) is 15.2 Å². The fraction of sp³-hybridized carbons (Fsp3) is 0.818. The molecule has 254 valence electrons. The Morgan fingerprint density at radius 2 is 1.66 bits per heavy atom. The first kappa shape index (κ1) is 40.0. The van der Waals surface area contributed by atoms with Crippen LogP contribution in [0.15, 0.2) is 5.38 Å². The zero-order valence-electron chi connectivity index (χ0n) is 29.7. The lowest BCUT2D eigenvalue weighted by Crippen LogP contribution is -2.56. The molecule has 2 N–H and O–H groups in total. The largest absolute Gasteiger partial charge is 0.476 e. The van der Waals surface area contributed by atoms with Gasteiger partial charge < -0.3 is 24.5 Å². The topological polar surface area (TPSA) is 118 Å². The molecule has 2 amide bonds. The first-order chi connectivity index (χ1) is 20.1. The highest BCUT2D eigenvalue weighted by molar-refractivity contribution is 7.09. The van der Waals surface area contributed by atoms with Gasteiger partial charge in [0.05, 0.1) is 6.10 Å². The van der Waals surface area contributed by atoms with Crippen LogP contribution in [0.3, 0.4) is 0 Å². The van der Waals surface area contributed by atoms with E-state index in [1.54, 1.807) is 26.2 Å². The van der Waals surface area contributed by atoms with Gasteiger partial charge in [-0.25, -0.2) is 14.6 Å². The van der Waals surface area contributed by atoms with Gasteiger partial charge >= 0.3 is 12.1 Å². The molecule has 0 bridgehead atoms. The van der Waals surface area contributed by atoms with E-state index in [0.717, 1.165) is 25.7 Å². The second-order valence-corrected chi connectivity index (χ2v) is 20.5. The minimum absolute atomic E-state index is 0.000761. The molecule has 1 aromatic rings. The number of nitrogens with zero attached hydrogens (tertiary/aromatic N) is 2. The highest BCUT2D eigenvalue weighted by Gasteiger charge is 2.42. The molecule has 0 radical (unpaired) electrons. The lowest BCUT2D eigenvalue weighted by atomic mass is 9.92. The van der Waals surface area contributed by atoms with E-state index in [2.05, 4.69) is 64.9 Å². The summed E-state index contributed by atoms with van der Waals surface area (Å²) in [5, 5.41) is 14.6. The van der Waals surface area contributed by atoms with Crippen LogP contribution < -0.4 is 5.32 Å². The van der Waals surface area contributed by atoms with Crippen molar-refractivity contribution < 1.29 is 28.7 Å². The number of hydrogen-bond donors (Lipinski definition) is 2. The van der Waals surface area contributed by atoms with E-state index in [-0.39, 0.29) is 34.5 Å². The SMILES string of the molecule is CCCCCCN(C(=O)[C@@H](NC(=O)OC(C)(C)C)[C@@H](C)CC)[C@H](C[C@@H](O[Si](C)(C)C(C)(C)C)c1nc(C(=O)O)cs1)C(C)C. The zero-order chi connectivity index (χ0) is 34.0. The maximum Gasteiger partial charge on any atom is 0.408 e. The van der Waals surface area contributed by atoms with E-state index in [0.29, 0.717) is 24.4 Å². The Labute approximate surface area is 272 Å². The number of rotatable bonds is 17. The molecular formula is C33H61N3O6SSi. The highest BCUT2D eigenvalue weighted by Crippen LogP contribution is 2.42. The fourth-order valence-corrected chi connectivity index (χ4v) is 6.88. The lowest BCUT2D eigenvalue weighted by molar-refractivity contribution is -0.139. The summed E-state index contributed by atoms with van der Waals surface area (Å²) in [6.45, 7) is 27.2. The van der Waals surface area contributed by atoms with E-state index in [9.17, 15) is 19.5 Å². The molecule has 0 saturated carbocycles. The minimum atomic E-state index is -2.32. The molecule has 0 unspecified atom stereocenters. The van der Waals surface area contributed by atoms with Crippen molar-refractivity contribution >= 4 is 37.6 Å². The van der Waals surface area contributed by atoms with Gasteiger partial charge in [-0.05, 0) is 63.6 Å². The average molecular weight is 656 g/mol. The highest BCUT2D eigenvalue weighted by atomic mass is 32.1. The van der Waals surface area contributed by atoms with E-state index >= 15 is 0 Å². The van der Waals surface area contributed by atoms with Crippen molar-refractivity contribution in [1.29, 1.82) is 0 Å². The van der Waals surface area contributed by atoms with Crippen molar-refractivity contribution in [2.45, 2.75) is 157 Å². The van der Waals surface area contributed by atoms with E-state index in [4.69, 9.17) is 9.16 Å². The summed E-state index contributed by atoms with van der Waals surface area (Å²) in [4.78, 5) is 45.6. The maximum absolute atomic E-state index is 14.5. The van der Waals surface area contributed by atoms with Gasteiger partial charge in [-0.2, -0.15) is 0 Å². The van der Waals surface area contributed by atoms with Crippen LogP contribution in [0, 0.1) is 11.8 Å². The van der Waals surface area contributed by atoms with Gasteiger partial charge in [0, 0.05) is 18.0 Å². The molecule has 0 aliphatic heterocycles. The van der Waals surface area contributed by atoms with Crippen molar-refractivity contribution in [3.05, 3.63) is 16.1 Å². The number of alkyl carbamates (subject to hydrolysis) is 1. The number of carbonyl (C=O) groups is 3. The van der Waals surface area contributed by atoms with E-state index in [1.165, 1.54) is 11.3 Å². The summed E-state index contributed by atoms with van der Waals surface area (Å²) in [5.41, 5.74) is -0.689. The second kappa shape index (κ2) is 17.1. The number of carboxylic acid groups (broad SMARTS) is 1. The van der Waals surface area contributed by atoms with Crippen LogP contribution in [-0.2, 0) is 14.0 Å². The van der Waals surface area contributed by atoms with Crippen molar-refractivity contribution in [2.75, 3.05) is 6.54 Å². The van der Waals surface area contributed by atoms with Crippen LogP contribution in [0.4, 0.5) is 4.79 Å². The van der Waals surface area contributed by atoms with Crippen molar-refractivity contribution in [3.63, 3.8) is 0 Å². The van der Waals surface area contributed by atoms with Crippen LogP contribution >= 0.6 is 11.3 Å². The summed E-state index contributed by atoms with van der Waals surface area (Å²) in [7, 11) is -2.32. The first-order valence-electron chi connectivity index (χ1n) is 16.3. The van der Waals surface area contributed by atoms with Gasteiger partial charge in [0.1, 0.15) is 16.7 Å².